The fraction of sp³-hybridized carbons (Fsp3) is 0.562. The quantitative estimate of drug-likeness (QED) is 0.516. The van der Waals surface area contributed by atoms with E-state index in [0.717, 1.165) is 62.7 Å². The van der Waals surface area contributed by atoms with Crippen molar-refractivity contribution in [2.75, 3.05) is 51.3 Å². The minimum atomic E-state index is -0.131. The Hall–Kier alpha value is -1.87. The second-order valence-corrected chi connectivity index (χ2v) is 6.22. The highest BCUT2D eigenvalue weighted by atomic mass is 16.5. The molecule has 8 heteroatoms. The van der Waals surface area contributed by atoms with E-state index in [1.165, 1.54) is 0 Å². The zero-order valence-corrected chi connectivity index (χ0v) is 13.6. The normalized spacial score (nSPS) is 24.7. The van der Waals surface area contributed by atoms with Gasteiger partial charge < -0.3 is 20.0 Å². The van der Waals surface area contributed by atoms with Crippen LogP contribution in [0.4, 0.5) is 11.4 Å². The third kappa shape index (κ3) is 3.32. The van der Waals surface area contributed by atoms with Gasteiger partial charge in [0.1, 0.15) is 11.4 Å². The molecule has 4 rings (SSSR count). The van der Waals surface area contributed by atoms with Gasteiger partial charge >= 0.3 is 0 Å². The summed E-state index contributed by atoms with van der Waals surface area (Å²) in [7, 11) is 0. The van der Waals surface area contributed by atoms with E-state index in [1.807, 2.05) is 12.1 Å². The van der Waals surface area contributed by atoms with Gasteiger partial charge in [-0.1, -0.05) is 0 Å². The molecule has 1 fully saturated rings. The molecule has 8 nitrogen and oxygen atoms in total. The van der Waals surface area contributed by atoms with Crippen LogP contribution in [0.5, 0.6) is 5.75 Å². The molecule has 3 heterocycles. The SMILES string of the molecule is [O-][NH+]1NC(=NCCCN2CCOCC2)Nc2cc3c(cc21)OCC3. The molecule has 24 heavy (non-hydrogen) atoms. The van der Waals surface area contributed by atoms with E-state index in [9.17, 15) is 5.21 Å². The van der Waals surface area contributed by atoms with E-state index in [1.54, 1.807) is 0 Å². The number of nitrogens with one attached hydrogen (secondary N) is 3. The molecule has 1 aromatic rings. The molecule has 1 aromatic carbocycles. The van der Waals surface area contributed by atoms with Gasteiger partial charge in [-0.15, -0.1) is 0 Å². The van der Waals surface area contributed by atoms with Crippen LogP contribution < -0.4 is 20.7 Å². The lowest BCUT2D eigenvalue weighted by Crippen LogP contribution is -3.11. The predicted octanol–water partition coefficient (Wildman–Crippen LogP) is -0.356. The van der Waals surface area contributed by atoms with Gasteiger partial charge in [0.05, 0.1) is 19.8 Å². The van der Waals surface area contributed by atoms with Crippen LogP contribution in [0.15, 0.2) is 17.1 Å². The number of quaternary nitrogens is 1. The Morgan fingerprint density at radius 1 is 1.25 bits per heavy atom. The van der Waals surface area contributed by atoms with Gasteiger partial charge in [0.25, 0.3) is 0 Å². The van der Waals surface area contributed by atoms with E-state index in [0.29, 0.717) is 24.8 Å². The summed E-state index contributed by atoms with van der Waals surface area (Å²) in [5.74, 6) is 1.35. The zero-order chi connectivity index (χ0) is 16.4. The number of aliphatic imine (C=N–C) groups is 1. The van der Waals surface area contributed by atoms with Crippen molar-refractivity contribution in [3.05, 3.63) is 22.9 Å². The Balaban J connectivity index is 1.35. The average molecular weight is 333 g/mol. The van der Waals surface area contributed by atoms with Crippen LogP contribution in [0.3, 0.4) is 0 Å². The summed E-state index contributed by atoms with van der Waals surface area (Å²) in [4.78, 5) is 6.88. The molecule has 0 aromatic heterocycles. The zero-order valence-electron chi connectivity index (χ0n) is 13.6. The van der Waals surface area contributed by atoms with Gasteiger partial charge in [-0.3, -0.25) is 4.90 Å². The Labute approximate surface area is 141 Å². The lowest BCUT2D eigenvalue weighted by Gasteiger charge is -2.30. The van der Waals surface area contributed by atoms with Crippen LogP contribution in [0, 0.1) is 5.21 Å². The number of benzene rings is 1. The van der Waals surface area contributed by atoms with Gasteiger partial charge in [0, 0.05) is 44.2 Å². The van der Waals surface area contributed by atoms with Crippen LogP contribution in [0.2, 0.25) is 0 Å². The molecule has 1 atom stereocenters. The topological polar surface area (TPSA) is 85.6 Å². The van der Waals surface area contributed by atoms with Gasteiger partial charge in [-0.2, -0.15) is 5.43 Å². The van der Waals surface area contributed by atoms with E-state index < -0.39 is 0 Å². The molecule has 3 N–H and O–H groups in total. The highest BCUT2D eigenvalue weighted by molar-refractivity contribution is 5.97. The number of hydrogen-bond acceptors (Lipinski definition) is 5. The first-order valence-corrected chi connectivity index (χ1v) is 8.52. The lowest BCUT2D eigenvalue weighted by molar-refractivity contribution is -0.816. The smallest absolute Gasteiger partial charge is 0.243 e. The van der Waals surface area contributed by atoms with Crippen LogP contribution in [0.1, 0.15) is 12.0 Å². The number of rotatable bonds is 4. The van der Waals surface area contributed by atoms with Crippen molar-refractivity contribution < 1.29 is 14.6 Å². The maximum absolute atomic E-state index is 12.3. The van der Waals surface area contributed by atoms with E-state index >= 15 is 0 Å². The molecule has 0 spiro atoms. The molecule has 0 radical (unpaired) electrons. The highest BCUT2D eigenvalue weighted by Crippen LogP contribution is 2.33. The van der Waals surface area contributed by atoms with Crippen molar-refractivity contribution in [1.82, 2.24) is 10.3 Å². The Morgan fingerprint density at radius 2 is 2.12 bits per heavy atom. The van der Waals surface area contributed by atoms with Crippen molar-refractivity contribution >= 4 is 17.3 Å². The summed E-state index contributed by atoms with van der Waals surface area (Å²) in [5.41, 5.74) is 5.38. The second kappa shape index (κ2) is 6.94. The molecule has 1 saturated heterocycles. The van der Waals surface area contributed by atoms with E-state index in [2.05, 4.69) is 20.6 Å². The molecule has 3 aliphatic rings. The van der Waals surface area contributed by atoms with Crippen LogP contribution in [-0.2, 0) is 11.2 Å². The van der Waals surface area contributed by atoms with Gasteiger partial charge in [0.15, 0.2) is 5.69 Å². The summed E-state index contributed by atoms with van der Waals surface area (Å²) < 4.78 is 10.9. The van der Waals surface area contributed by atoms with Gasteiger partial charge in [-0.05, 0) is 12.5 Å². The third-order valence-electron chi connectivity index (χ3n) is 4.57. The Morgan fingerprint density at radius 3 is 3.00 bits per heavy atom. The van der Waals surface area contributed by atoms with Crippen molar-refractivity contribution in [1.29, 1.82) is 0 Å². The minimum Gasteiger partial charge on any atom is -0.603 e. The highest BCUT2D eigenvalue weighted by Gasteiger charge is 2.25. The number of hydrogen-bond donors (Lipinski definition) is 3. The maximum Gasteiger partial charge on any atom is 0.243 e. The summed E-state index contributed by atoms with van der Waals surface area (Å²) in [6, 6.07) is 3.81. The van der Waals surface area contributed by atoms with Crippen molar-refractivity contribution in [2.24, 2.45) is 4.99 Å². The largest absolute Gasteiger partial charge is 0.603 e. The van der Waals surface area contributed by atoms with Crippen molar-refractivity contribution in [3.63, 3.8) is 0 Å². The molecule has 1 unspecified atom stereocenters. The first kappa shape index (κ1) is 15.6. The third-order valence-corrected chi connectivity index (χ3v) is 4.57. The van der Waals surface area contributed by atoms with Crippen LogP contribution in [0.25, 0.3) is 0 Å². The lowest BCUT2D eigenvalue weighted by atomic mass is 10.1. The number of ether oxygens (including phenoxy) is 2. The average Bonchev–Trinajstić information content (AvgIpc) is 3.05. The summed E-state index contributed by atoms with van der Waals surface area (Å²) in [6.07, 6.45) is 1.85. The minimum absolute atomic E-state index is 0.131. The first-order chi connectivity index (χ1) is 11.8. The van der Waals surface area contributed by atoms with Crippen LogP contribution in [-0.4, -0.2) is 56.9 Å². The van der Waals surface area contributed by atoms with E-state index in [-0.39, 0.29) is 5.17 Å². The Kier molecular flexibility index (Phi) is 4.52. The number of fused-ring (bicyclic) bond motifs is 2. The van der Waals surface area contributed by atoms with Crippen molar-refractivity contribution in [3.8, 4) is 5.75 Å². The van der Waals surface area contributed by atoms with Crippen molar-refractivity contribution in [2.45, 2.75) is 12.8 Å². The number of anilines is 1. The fourth-order valence-corrected chi connectivity index (χ4v) is 3.24. The molecule has 3 aliphatic heterocycles. The monoisotopic (exact) mass is 333 g/mol. The number of morpholine rings is 1. The standard InChI is InChI=1S/C16H23N5O3/c22-21-14-11-15-12(2-7-24-15)10-13(14)18-16(19-21)17-3-1-4-20-5-8-23-9-6-20/h10-11,21H,1-9H2,(H2,17,18,19). The van der Waals surface area contributed by atoms with E-state index in [4.69, 9.17) is 9.47 Å². The summed E-state index contributed by atoms with van der Waals surface area (Å²) in [6.45, 7) is 5.99. The molecule has 130 valence electrons. The predicted molar refractivity (Wildman–Crippen MR) is 90.6 cm³/mol. The molecular weight excluding hydrogens is 310 g/mol. The van der Waals surface area contributed by atoms with Crippen LogP contribution >= 0.6 is 0 Å². The molecule has 0 amide bonds. The second-order valence-electron chi connectivity index (χ2n) is 6.22. The molecular formula is C16H23N5O3. The molecule has 0 aliphatic carbocycles. The number of guanidine groups is 1. The fourth-order valence-electron chi connectivity index (χ4n) is 3.24. The molecule has 0 saturated carbocycles. The first-order valence-electron chi connectivity index (χ1n) is 8.52. The molecule has 0 bridgehead atoms. The number of nitrogens with zero attached hydrogens (tertiary/aromatic N) is 2. The van der Waals surface area contributed by atoms with Gasteiger partial charge in [-0.25, -0.2) is 10.2 Å². The maximum atomic E-state index is 12.3. The summed E-state index contributed by atoms with van der Waals surface area (Å²) in [5, 5.41) is 15.4. The van der Waals surface area contributed by atoms with Gasteiger partial charge in [0.2, 0.25) is 5.96 Å². The Bertz CT molecular complexity index is 630. The summed E-state index contributed by atoms with van der Waals surface area (Å²) >= 11 is 0.